The van der Waals surface area contributed by atoms with Gasteiger partial charge in [0.05, 0.1) is 28.7 Å². The summed E-state index contributed by atoms with van der Waals surface area (Å²) < 4.78 is 28.4. The van der Waals surface area contributed by atoms with Crippen LogP contribution in [0.25, 0.3) is 10.2 Å². The summed E-state index contributed by atoms with van der Waals surface area (Å²) in [7, 11) is -1.81. The monoisotopic (exact) mass is 467 g/mol. The Kier molecular flexibility index (Phi) is 5.86. The number of hydrogen-bond donors (Lipinski definition) is 1. The number of nitrogens with zero attached hydrogens (tertiary/aromatic N) is 2. The van der Waals surface area contributed by atoms with Crippen LogP contribution in [0.2, 0.25) is 0 Å². The molecule has 0 aliphatic heterocycles. The largest absolute Gasteiger partial charge is 0.322 e. The van der Waals surface area contributed by atoms with Crippen LogP contribution in [-0.2, 0) is 23.6 Å². The molecule has 9 heteroatoms. The number of aromatic nitrogens is 1. The van der Waals surface area contributed by atoms with Gasteiger partial charge in [0.25, 0.3) is 5.91 Å². The number of thiazole rings is 1. The number of amides is 1. The van der Waals surface area contributed by atoms with Gasteiger partial charge < -0.3 is 9.88 Å². The normalized spacial score (nSPS) is 11.4. The van der Waals surface area contributed by atoms with Crippen LogP contribution in [0.1, 0.15) is 15.9 Å². The van der Waals surface area contributed by atoms with Gasteiger partial charge in [0.15, 0.2) is 0 Å². The van der Waals surface area contributed by atoms with Crippen molar-refractivity contribution in [3.63, 3.8) is 0 Å². The molecule has 0 aliphatic rings. The Morgan fingerprint density at radius 1 is 1.03 bits per heavy atom. The lowest BCUT2D eigenvalue weighted by atomic mass is 10.1. The molecule has 3 aromatic carbocycles. The van der Waals surface area contributed by atoms with E-state index >= 15 is 0 Å². The van der Waals surface area contributed by atoms with E-state index in [9.17, 15) is 18.0 Å². The van der Waals surface area contributed by atoms with Crippen LogP contribution >= 0.6 is 11.3 Å². The number of nitrogens with one attached hydrogen (secondary N) is 1. The number of fused-ring (bicyclic) bond motifs is 1. The molecule has 0 aliphatic carbocycles. The third-order valence-corrected chi connectivity index (χ3v) is 7.17. The number of rotatable bonds is 6. The van der Waals surface area contributed by atoms with E-state index in [1.54, 1.807) is 54.1 Å². The molecule has 0 saturated heterocycles. The predicted octanol–water partition coefficient (Wildman–Crippen LogP) is 3.82. The molecule has 1 heterocycles. The van der Waals surface area contributed by atoms with Gasteiger partial charge >= 0.3 is 4.87 Å². The van der Waals surface area contributed by atoms with Crippen molar-refractivity contribution in [1.29, 1.82) is 0 Å². The number of aryl methyl sites for hydroxylation is 1. The number of sulfonamides is 1. The molecule has 0 atom stereocenters. The van der Waals surface area contributed by atoms with Gasteiger partial charge in [0, 0.05) is 18.3 Å². The lowest BCUT2D eigenvalue weighted by Crippen LogP contribution is -2.29. The van der Waals surface area contributed by atoms with Crippen LogP contribution < -0.4 is 14.5 Å². The summed E-state index contributed by atoms with van der Waals surface area (Å²) in [6.07, 6.45) is 1.16. The molecule has 0 fully saturated rings. The van der Waals surface area contributed by atoms with Crippen molar-refractivity contribution in [2.75, 3.05) is 15.9 Å². The molecule has 4 aromatic rings. The van der Waals surface area contributed by atoms with E-state index in [0.717, 1.165) is 33.4 Å². The van der Waals surface area contributed by atoms with Crippen molar-refractivity contribution in [1.82, 2.24) is 4.57 Å². The minimum atomic E-state index is -3.51. The summed E-state index contributed by atoms with van der Waals surface area (Å²) in [5.74, 6) is -0.326. The third kappa shape index (κ3) is 4.58. The van der Waals surface area contributed by atoms with Crippen molar-refractivity contribution in [3.05, 3.63) is 93.6 Å². The maximum atomic E-state index is 12.7. The van der Waals surface area contributed by atoms with E-state index in [1.165, 1.54) is 4.31 Å². The van der Waals surface area contributed by atoms with E-state index in [-0.39, 0.29) is 17.3 Å². The topological polar surface area (TPSA) is 88.5 Å². The summed E-state index contributed by atoms with van der Waals surface area (Å²) in [5, 5.41) is 2.82. The van der Waals surface area contributed by atoms with Crippen molar-refractivity contribution < 1.29 is 13.2 Å². The van der Waals surface area contributed by atoms with E-state index in [0.29, 0.717) is 16.9 Å². The number of benzene rings is 3. The summed E-state index contributed by atoms with van der Waals surface area (Å²) in [6.45, 7) is 0.200. The first-order chi connectivity index (χ1) is 15.2. The molecule has 0 spiro atoms. The van der Waals surface area contributed by atoms with Gasteiger partial charge in [-0.05, 0) is 48.0 Å². The Morgan fingerprint density at radius 2 is 1.72 bits per heavy atom. The Labute approximate surface area is 189 Å². The zero-order chi connectivity index (χ0) is 22.9. The van der Waals surface area contributed by atoms with Crippen LogP contribution in [0, 0.1) is 0 Å². The number of carbonyl (C=O) groups excluding carboxylic acids is 1. The van der Waals surface area contributed by atoms with E-state index in [1.807, 2.05) is 30.3 Å². The SMILES string of the molecule is Cn1c(=O)sc2cc(NC(=O)c3ccc(N(Cc4ccccc4)S(C)(=O)=O)cc3)ccc21. The molecule has 1 amide bonds. The molecule has 0 bridgehead atoms. The second-order valence-electron chi connectivity index (χ2n) is 7.37. The highest BCUT2D eigenvalue weighted by Gasteiger charge is 2.18. The lowest BCUT2D eigenvalue weighted by molar-refractivity contribution is 0.102. The van der Waals surface area contributed by atoms with Gasteiger partial charge in [-0.15, -0.1) is 0 Å². The first-order valence-corrected chi connectivity index (χ1v) is 12.4. The Morgan fingerprint density at radius 3 is 2.38 bits per heavy atom. The molecular formula is C23H21N3O4S2. The second-order valence-corrected chi connectivity index (χ2v) is 10.3. The first kappa shape index (κ1) is 21.8. The standard InChI is InChI=1S/C23H21N3O4S2/c1-25-20-13-10-18(14-21(20)31-23(25)28)24-22(27)17-8-11-19(12-9-17)26(32(2,29)30)15-16-6-4-3-5-7-16/h3-14H,15H2,1-2H3,(H,24,27). The fourth-order valence-corrected chi connectivity index (χ4v) is 5.15. The van der Waals surface area contributed by atoms with Crippen molar-refractivity contribution in [2.24, 2.45) is 7.05 Å². The summed E-state index contributed by atoms with van der Waals surface area (Å²) >= 11 is 1.12. The molecule has 164 valence electrons. The van der Waals surface area contributed by atoms with Gasteiger partial charge in [0.1, 0.15) is 0 Å². The fourth-order valence-electron chi connectivity index (χ4n) is 3.34. The fraction of sp³-hybridized carbons (Fsp3) is 0.130. The van der Waals surface area contributed by atoms with Crippen LogP contribution in [-0.4, -0.2) is 25.1 Å². The van der Waals surface area contributed by atoms with E-state index in [4.69, 9.17) is 0 Å². The maximum absolute atomic E-state index is 12.7. The van der Waals surface area contributed by atoms with Crippen LogP contribution in [0.5, 0.6) is 0 Å². The minimum absolute atomic E-state index is 0.0648. The summed E-state index contributed by atoms with van der Waals surface area (Å²) in [5.41, 5.74) is 3.11. The highest BCUT2D eigenvalue weighted by molar-refractivity contribution is 7.92. The van der Waals surface area contributed by atoms with Gasteiger partial charge in [-0.3, -0.25) is 13.9 Å². The van der Waals surface area contributed by atoms with E-state index in [2.05, 4.69) is 5.32 Å². The third-order valence-electron chi connectivity index (χ3n) is 5.04. The summed E-state index contributed by atoms with van der Waals surface area (Å²) in [6, 6.07) is 21.0. The molecule has 1 aromatic heterocycles. The average molecular weight is 468 g/mol. The molecule has 7 nitrogen and oxygen atoms in total. The Hall–Kier alpha value is -3.43. The van der Waals surface area contributed by atoms with Crippen LogP contribution in [0.3, 0.4) is 0 Å². The van der Waals surface area contributed by atoms with Crippen LogP contribution in [0.4, 0.5) is 11.4 Å². The van der Waals surface area contributed by atoms with E-state index < -0.39 is 10.0 Å². The smallest absolute Gasteiger partial charge is 0.307 e. The highest BCUT2D eigenvalue weighted by Crippen LogP contribution is 2.24. The molecule has 32 heavy (non-hydrogen) atoms. The van der Waals surface area contributed by atoms with Gasteiger partial charge in [-0.25, -0.2) is 8.42 Å². The first-order valence-electron chi connectivity index (χ1n) is 9.75. The average Bonchev–Trinajstić information content (AvgIpc) is 3.05. The Bertz CT molecular complexity index is 1440. The maximum Gasteiger partial charge on any atom is 0.307 e. The van der Waals surface area contributed by atoms with Gasteiger partial charge in [-0.1, -0.05) is 41.7 Å². The lowest BCUT2D eigenvalue weighted by Gasteiger charge is -2.22. The zero-order valence-electron chi connectivity index (χ0n) is 17.5. The molecular weight excluding hydrogens is 446 g/mol. The summed E-state index contributed by atoms with van der Waals surface area (Å²) in [4.78, 5) is 24.4. The van der Waals surface area contributed by atoms with Crippen LogP contribution in [0.15, 0.2) is 77.6 Å². The molecule has 4 rings (SSSR count). The molecule has 0 unspecified atom stereocenters. The molecule has 0 radical (unpaired) electrons. The second kappa shape index (κ2) is 8.60. The highest BCUT2D eigenvalue weighted by atomic mass is 32.2. The number of anilines is 2. The van der Waals surface area contributed by atoms with Crippen molar-refractivity contribution in [3.8, 4) is 0 Å². The quantitative estimate of drug-likeness (QED) is 0.467. The number of carbonyl (C=O) groups is 1. The molecule has 0 saturated carbocycles. The zero-order valence-corrected chi connectivity index (χ0v) is 19.1. The van der Waals surface area contributed by atoms with Crippen molar-refractivity contribution in [2.45, 2.75) is 6.54 Å². The molecule has 1 N–H and O–H groups in total. The van der Waals surface area contributed by atoms with Gasteiger partial charge in [0.2, 0.25) is 10.0 Å². The van der Waals surface area contributed by atoms with Gasteiger partial charge in [-0.2, -0.15) is 0 Å². The Balaban J connectivity index is 1.54. The van der Waals surface area contributed by atoms with Crippen molar-refractivity contribution >= 4 is 48.9 Å². The minimum Gasteiger partial charge on any atom is -0.322 e. The predicted molar refractivity (Wildman–Crippen MR) is 129 cm³/mol. The number of hydrogen-bond acceptors (Lipinski definition) is 5.